The minimum Gasteiger partial charge on any atom is -0.386 e. The number of nitrogens with zero attached hydrogens (tertiary/aromatic N) is 5. The first-order chi connectivity index (χ1) is 12.6. The van der Waals surface area contributed by atoms with Gasteiger partial charge in [0.25, 0.3) is 0 Å². The fourth-order valence-corrected chi connectivity index (χ4v) is 3.35. The summed E-state index contributed by atoms with van der Waals surface area (Å²) in [7, 11) is 3.98. The van der Waals surface area contributed by atoms with E-state index in [2.05, 4.69) is 38.2 Å². The van der Waals surface area contributed by atoms with Crippen LogP contribution in [0.2, 0.25) is 5.15 Å². The second-order valence-corrected chi connectivity index (χ2v) is 6.89. The molecule has 7 heteroatoms. The van der Waals surface area contributed by atoms with Gasteiger partial charge in [-0.2, -0.15) is 0 Å². The molecule has 1 fully saturated rings. The third-order valence-corrected chi connectivity index (χ3v) is 5.10. The summed E-state index contributed by atoms with van der Waals surface area (Å²) in [5.74, 6) is 0.938. The van der Waals surface area contributed by atoms with Gasteiger partial charge < -0.3 is 15.1 Å². The highest BCUT2D eigenvalue weighted by Crippen LogP contribution is 2.28. The van der Waals surface area contributed by atoms with Crippen LogP contribution in [0, 0.1) is 0 Å². The molecule has 1 aliphatic rings. The van der Waals surface area contributed by atoms with Gasteiger partial charge in [-0.1, -0.05) is 17.7 Å². The molecule has 2 aromatic heterocycles. The van der Waals surface area contributed by atoms with Crippen molar-refractivity contribution in [3.8, 4) is 11.1 Å². The Hall–Kier alpha value is -2.44. The first-order valence-electron chi connectivity index (χ1n) is 8.68. The highest BCUT2D eigenvalue weighted by atomic mass is 35.5. The number of fused-ring (bicyclic) bond motifs is 1. The van der Waals surface area contributed by atoms with Gasteiger partial charge in [-0.05, 0) is 30.8 Å². The number of anilines is 2. The zero-order valence-electron chi connectivity index (χ0n) is 14.9. The molecule has 3 aromatic rings. The van der Waals surface area contributed by atoms with Gasteiger partial charge in [-0.25, -0.2) is 9.97 Å². The first kappa shape index (κ1) is 17.0. The minimum atomic E-state index is 0.467. The van der Waals surface area contributed by atoms with E-state index in [1.807, 2.05) is 31.4 Å². The Balaban J connectivity index is 1.69. The van der Waals surface area contributed by atoms with Crippen LogP contribution in [0.3, 0.4) is 0 Å². The maximum Gasteiger partial charge on any atom is 0.152 e. The molecule has 1 aromatic carbocycles. The normalized spacial score (nSPS) is 15.4. The highest BCUT2D eigenvalue weighted by molar-refractivity contribution is 6.32. The lowest BCUT2D eigenvalue weighted by Crippen LogP contribution is -2.44. The van der Waals surface area contributed by atoms with Gasteiger partial charge in [0.15, 0.2) is 5.15 Å². The van der Waals surface area contributed by atoms with Crippen LogP contribution in [0.1, 0.15) is 0 Å². The van der Waals surface area contributed by atoms with Crippen LogP contribution in [0.15, 0.2) is 36.7 Å². The predicted octanol–water partition coefficient (Wildman–Crippen LogP) is 3.14. The summed E-state index contributed by atoms with van der Waals surface area (Å²) >= 11 is 6.09. The van der Waals surface area contributed by atoms with Crippen molar-refractivity contribution in [1.29, 1.82) is 0 Å². The number of rotatable bonds is 3. The van der Waals surface area contributed by atoms with Gasteiger partial charge in [0.05, 0.1) is 22.9 Å². The molecule has 0 saturated carbocycles. The van der Waals surface area contributed by atoms with Crippen molar-refractivity contribution in [2.45, 2.75) is 0 Å². The molecule has 0 amide bonds. The van der Waals surface area contributed by atoms with Crippen molar-refractivity contribution in [1.82, 2.24) is 19.9 Å². The molecule has 6 nitrogen and oxygen atoms in total. The quantitative estimate of drug-likeness (QED) is 0.717. The van der Waals surface area contributed by atoms with Gasteiger partial charge in [0.1, 0.15) is 5.82 Å². The number of halogens is 1. The van der Waals surface area contributed by atoms with Crippen LogP contribution in [-0.2, 0) is 0 Å². The Morgan fingerprint density at radius 2 is 1.77 bits per heavy atom. The molecule has 3 heterocycles. The van der Waals surface area contributed by atoms with E-state index in [1.165, 1.54) is 0 Å². The molecule has 0 bridgehead atoms. The lowest BCUT2D eigenvalue weighted by atomic mass is 10.1. The number of pyridine rings is 1. The van der Waals surface area contributed by atoms with Crippen LogP contribution >= 0.6 is 11.6 Å². The molecule has 1 saturated heterocycles. The van der Waals surface area contributed by atoms with Gasteiger partial charge in [0.2, 0.25) is 0 Å². The zero-order chi connectivity index (χ0) is 18.1. The molecule has 1 aliphatic heterocycles. The molecule has 26 heavy (non-hydrogen) atoms. The first-order valence-corrected chi connectivity index (χ1v) is 9.06. The van der Waals surface area contributed by atoms with Crippen LogP contribution in [0.5, 0.6) is 0 Å². The number of nitrogens with one attached hydrogen (secondary N) is 1. The zero-order valence-corrected chi connectivity index (χ0v) is 15.7. The summed E-state index contributed by atoms with van der Waals surface area (Å²) in [4.78, 5) is 18.3. The summed E-state index contributed by atoms with van der Waals surface area (Å²) in [6, 6.07) is 8.09. The number of likely N-dealkylation sites (N-methyl/N-ethyl adjacent to an activating group) is 1. The van der Waals surface area contributed by atoms with E-state index < -0.39 is 0 Å². The van der Waals surface area contributed by atoms with E-state index >= 15 is 0 Å². The molecule has 0 atom stereocenters. The molecule has 134 valence electrons. The van der Waals surface area contributed by atoms with E-state index in [0.717, 1.165) is 59.8 Å². The number of hydrogen-bond acceptors (Lipinski definition) is 6. The molecule has 4 rings (SSSR count). The summed E-state index contributed by atoms with van der Waals surface area (Å²) in [6.07, 6.45) is 3.65. The molecule has 0 aliphatic carbocycles. The molecule has 1 N–H and O–H groups in total. The molecule has 0 radical (unpaired) electrons. The van der Waals surface area contributed by atoms with Crippen molar-refractivity contribution in [2.75, 3.05) is 50.5 Å². The summed E-state index contributed by atoms with van der Waals surface area (Å²) in [6.45, 7) is 4.04. The van der Waals surface area contributed by atoms with Crippen molar-refractivity contribution in [3.63, 3.8) is 0 Å². The minimum absolute atomic E-state index is 0.467. The SMILES string of the molecule is CNc1cc(-c2ccc3ncc(N4CCN(C)CC4)nc3c2)cnc1Cl. The lowest BCUT2D eigenvalue weighted by Gasteiger charge is -2.33. The Labute approximate surface area is 157 Å². The Morgan fingerprint density at radius 3 is 2.54 bits per heavy atom. The topological polar surface area (TPSA) is 57.2 Å². The van der Waals surface area contributed by atoms with E-state index in [1.54, 1.807) is 6.20 Å². The van der Waals surface area contributed by atoms with Gasteiger partial charge in [0, 0.05) is 45.0 Å². The van der Waals surface area contributed by atoms with E-state index in [0.29, 0.717) is 5.15 Å². The van der Waals surface area contributed by atoms with Crippen molar-refractivity contribution in [3.05, 3.63) is 41.8 Å². The predicted molar refractivity (Wildman–Crippen MR) is 107 cm³/mol. The number of piperazine rings is 1. The number of aromatic nitrogens is 3. The van der Waals surface area contributed by atoms with Crippen LogP contribution in [0.4, 0.5) is 11.5 Å². The van der Waals surface area contributed by atoms with Gasteiger partial charge >= 0.3 is 0 Å². The average molecular weight is 369 g/mol. The monoisotopic (exact) mass is 368 g/mol. The molecular formula is C19H21ClN6. The van der Waals surface area contributed by atoms with Crippen molar-refractivity contribution < 1.29 is 0 Å². The van der Waals surface area contributed by atoms with Crippen molar-refractivity contribution >= 4 is 34.1 Å². The van der Waals surface area contributed by atoms with Gasteiger partial charge in [-0.3, -0.25) is 4.98 Å². The summed E-state index contributed by atoms with van der Waals surface area (Å²) in [5, 5.41) is 3.53. The smallest absolute Gasteiger partial charge is 0.152 e. The highest BCUT2D eigenvalue weighted by Gasteiger charge is 2.16. The largest absolute Gasteiger partial charge is 0.386 e. The fraction of sp³-hybridized carbons (Fsp3) is 0.316. The molecular weight excluding hydrogens is 348 g/mol. The summed E-state index contributed by atoms with van der Waals surface area (Å²) < 4.78 is 0. The molecule has 0 spiro atoms. The fourth-order valence-electron chi connectivity index (χ4n) is 3.15. The Bertz CT molecular complexity index is 936. The van der Waals surface area contributed by atoms with Gasteiger partial charge in [-0.15, -0.1) is 0 Å². The lowest BCUT2D eigenvalue weighted by molar-refractivity contribution is 0.312. The Morgan fingerprint density at radius 1 is 0.962 bits per heavy atom. The standard InChI is InChI=1S/C19H21ClN6/c1-21-17-10-14(11-23-19(17)20)13-3-4-15-16(9-13)24-18(12-22-15)26-7-5-25(2)6-8-26/h3-4,9-12,21H,5-8H2,1-2H3. The third-order valence-electron chi connectivity index (χ3n) is 4.80. The second kappa shape index (κ2) is 7.05. The third kappa shape index (κ3) is 3.30. The summed E-state index contributed by atoms with van der Waals surface area (Å²) in [5.41, 5.74) is 4.62. The second-order valence-electron chi connectivity index (χ2n) is 6.53. The van der Waals surface area contributed by atoms with E-state index in [-0.39, 0.29) is 0 Å². The number of hydrogen-bond donors (Lipinski definition) is 1. The van der Waals surface area contributed by atoms with Crippen LogP contribution < -0.4 is 10.2 Å². The molecule has 0 unspecified atom stereocenters. The van der Waals surface area contributed by atoms with E-state index in [9.17, 15) is 0 Å². The van der Waals surface area contributed by atoms with Crippen LogP contribution in [-0.4, -0.2) is 60.1 Å². The average Bonchev–Trinajstić information content (AvgIpc) is 2.68. The van der Waals surface area contributed by atoms with Crippen molar-refractivity contribution in [2.24, 2.45) is 0 Å². The van der Waals surface area contributed by atoms with E-state index in [4.69, 9.17) is 16.6 Å². The Kier molecular flexibility index (Phi) is 4.61. The van der Waals surface area contributed by atoms with Crippen LogP contribution in [0.25, 0.3) is 22.2 Å². The number of benzene rings is 1. The maximum atomic E-state index is 6.09. The maximum absolute atomic E-state index is 6.09.